The summed E-state index contributed by atoms with van der Waals surface area (Å²) in [6.45, 7) is 3.87. The highest BCUT2D eigenvalue weighted by Crippen LogP contribution is 2.37. The summed E-state index contributed by atoms with van der Waals surface area (Å²) in [6.07, 6.45) is 1.77. The molecule has 5 nitrogen and oxygen atoms in total. The molecule has 1 aliphatic carbocycles. The molecule has 2 fully saturated rings. The van der Waals surface area contributed by atoms with Gasteiger partial charge in [0.05, 0.1) is 22.3 Å². The van der Waals surface area contributed by atoms with Crippen LogP contribution >= 0.6 is 11.6 Å². The lowest BCUT2D eigenvalue weighted by Crippen LogP contribution is -2.47. The van der Waals surface area contributed by atoms with Gasteiger partial charge in [-0.05, 0) is 62.3 Å². The summed E-state index contributed by atoms with van der Waals surface area (Å²) in [6, 6.07) is 5.86. The van der Waals surface area contributed by atoms with Crippen molar-refractivity contribution < 1.29 is 18.0 Å². The van der Waals surface area contributed by atoms with Crippen molar-refractivity contribution in [2.45, 2.75) is 51.1 Å². The van der Waals surface area contributed by atoms with Gasteiger partial charge in [-0.1, -0.05) is 24.4 Å². The number of piperazine rings is 1. The molecule has 182 valence electrons. The van der Waals surface area contributed by atoms with Gasteiger partial charge in [-0.15, -0.1) is 0 Å². The number of nitrogens with zero attached hydrogens (tertiary/aromatic N) is 3. The average Bonchev–Trinajstić information content (AvgIpc) is 2.78. The van der Waals surface area contributed by atoms with Crippen molar-refractivity contribution in [2.24, 2.45) is 23.5 Å². The topological polar surface area (TPSA) is 73.4 Å². The third kappa shape index (κ3) is 7.25. The number of rotatable bonds is 8. The first kappa shape index (κ1) is 25.6. The van der Waals surface area contributed by atoms with E-state index in [1.54, 1.807) is 0 Å². The van der Waals surface area contributed by atoms with Crippen LogP contribution in [0, 0.1) is 29.1 Å². The number of primary amides is 1. The van der Waals surface area contributed by atoms with Crippen molar-refractivity contribution in [1.29, 1.82) is 5.26 Å². The Morgan fingerprint density at radius 2 is 1.85 bits per heavy atom. The minimum absolute atomic E-state index is 0.0887. The van der Waals surface area contributed by atoms with Crippen LogP contribution in [0.15, 0.2) is 18.2 Å². The van der Waals surface area contributed by atoms with E-state index in [0.29, 0.717) is 42.1 Å². The van der Waals surface area contributed by atoms with Crippen LogP contribution in [-0.4, -0.2) is 43.5 Å². The predicted molar refractivity (Wildman–Crippen MR) is 123 cm³/mol. The average molecular weight is 485 g/mol. The third-order valence-corrected chi connectivity index (χ3v) is 7.49. The Morgan fingerprint density at radius 3 is 2.42 bits per heavy atom. The van der Waals surface area contributed by atoms with Gasteiger partial charge in [0.2, 0.25) is 5.91 Å². The molecule has 9 heteroatoms. The standard InChI is InChI=1S/C24H32ClF3N4O/c25-21-7-6-20(24(26,27)28)15-22(21)32-13-11-31(12-14-32)10-9-17-1-3-18(4-2-17)19(16-29)5-8-23(30)33/h6-7,15,17-19H,1-5,8-14H2,(H2,30,33). The van der Waals surface area contributed by atoms with Crippen LogP contribution in [0.3, 0.4) is 0 Å². The van der Waals surface area contributed by atoms with Gasteiger partial charge < -0.3 is 10.6 Å². The van der Waals surface area contributed by atoms with E-state index in [0.717, 1.165) is 63.9 Å². The number of carbonyl (C=O) groups excluding carboxylic acids is 1. The van der Waals surface area contributed by atoms with Crippen molar-refractivity contribution >= 4 is 23.2 Å². The fourth-order valence-corrected chi connectivity index (χ4v) is 5.33. The quantitative estimate of drug-likeness (QED) is 0.558. The zero-order valence-electron chi connectivity index (χ0n) is 18.8. The van der Waals surface area contributed by atoms with Crippen LogP contribution in [0.25, 0.3) is 0 Å². The number of alkyl halides is 3. The van der Waals surface area contributed by atoms with Gasteiger partial charge >= 0.3 is 6.18 Å². The molecule has 33 heavy (non-hydrogen) atoms. The zero-order chi connectivity index (χ0) is 24.0. The second-order valence-electron chi connectivity index (χ2n) is 9.30. The van der Waals surface area contributed by atoms with Gasteiger partial charge in [0.1, 0.15) is 0 Å². The summed E-state index contributed by atoms with van der Waals surface area (Å²) in [4.78, 5) is 15.3. The maximum absolute atomic E-state index is 13.1. The van der Waals surface area contributed by atoms with Crippen molar-refractivity contribution in [1.82, 2.24) is 4.90 Å². The van der Waals surface area contributed by atoms with Crippen LogP contribution < -0.4 is 10.6 Å². The fourth-order valence-electron chi connectivity index (χ4n) is 5.09. The molecular weight excluding hydrogens is 453 g/mol. The first-order valence-electron chi connectivity index (χ1n) is 11.7. The molecule has 0 radical (unpaired) electrons. The molecular formula is C24H32ClF3N4O. The number of hydrogen-bond acceptors (Lipinski definition) is 4. The van der Waals surface area contributed by atoms with E-state index in [4.69, 9.17) is 17.3 Å². The molecule has 1 amide bonds. The lowest BCUT2D eigenvalue weighted by Gasteiger charge is -2.38. The van der Waals surface area contributed by atoms with Crippen LogP contribution in [0.4, 0.5) is 18.9 Å². The Bertz CT molecular complexity index is 841. The molecule has 1 atom stereocenters. The monoisotopic (exact) mass is 484 g/mol. The minimum atomic E-state index is -4.38. The molecule has 1 aromatic rings. The predicted octanol–water partition coefficient (Wildman–Crippen LogP) is 5.08. The van der Waals surface area contributed by atoms with Crippen LogP contribution in [-0.2, 0) is 11.0 Å². The zero-order valence-corrected chi connectivity index (χ0v) is 19.5. The fraction of sp³-hybridized carbons (Fsp3) is 0.667. The van der Waals surface area contributed by atoms with E-state index in [1.165, 1.54) is 6.07 Å². The Hall–Kier alpha value is -1.98. The largest absolute Gasteiger partial charge is 0.416 e. The number of carbonyl (C=O) groups is 1. The van der Waals surface area contributed by atoms with Gasteiger partial charge in [-0.2, -0.15) is 18.4 Å². The van der Waals surface area contributed by atoms with Crippen molar-refractivity contribution in [3.05, 3.63) is 28.8 Å². The molecule has 1 aromatic carbocycles. The molecule has 1 saturated heterocycles. The van der Waals surface area contributed by atoms with Gasteiger partial charge in [0, 0.05) is 38.5 Å². The van der Waals surface area contributed by atoms with Crippen molar-refractivity contribution in [3.8, 4) is 6.07 Å². The summed E-state index contributed by atoms with van der Waals surface area (Å²) >= 11 is 6.19. The second kappa shape index (κ2) is 11.4. The van der Waals surface area contributed by atoms with Gasteiger partial charge in [-0.25, -0.2) is 0 Å². The number of anilines is 1. The van der Waals surface area contributed by atoms with E-state index in [9.17, 15) is 23.2 Å². The highest BCUT2D eigenvalue weighted by atomic mass is 35.5. The van der Waals surface area contributed by atoms with Gasteiger partial charge in [0.15, 0.2) is 0 Å². The van der Waals surface area contributed by atoms with Crippen LogP contribution in [0.1, 0.15) is 50.5 Å². The number of halogens is 4. The molecule has 1 heterocycles. The first-order valence-corrected chi connectivity index (χ1v) is 12.1. The summed E-state index contributed by atoms with van der Waals surface area (Å²) in [5.74, 6) is 0.549. The summed E-state index contributed by atoms with van der Waals surface area (Å²) in [5, 5.41) is 9.78. The lowest BCUT2D eigenvalue weighted by atomic mass is 9.74. The molecule has 0 bridgehead atoms. The summed E-state index contributed by atoms with van der Waals surface area (Å²) < 4.78 is 39.2. The lowest BCUT2D eigenvalue weighted by molar-refractivity contribution is -0.137. The smallest absolute Gasteiger partial charge is 0.370 e. The highest BCUT2D eigenvalue weighted by molar-refractivity contribution is 6.33. The Morgan fingerprint density at radius 1 is 1.18 bits per heavy atom. The number of hydrogen-bond donors (Lipinski definition) is 1. The van der Waals surface area contributed by atoms with E-state index in [-0.39, 0.29) is 18.2 Å². The highest BCUT2D eigenvalue weighted by Gasteiger charge is 2.32. The molecule has 0 spiro atoms. The Kier molecular flexibility index (Phi) is 8.88. The van der Waals surface area contributed by atoms with Crippen LogP contribution in [0.5, 0.6) is 0 Å². The molecule has 1 aliphatic heterocycles. The SMILES string of the molecule is N#CC(CCC(N)=O)C1CCC(CCN2CCN(c3cc(C(F)(F)F)ccc3Cl)CC2)CC1. The molecule has 2 N–H and O–H groups in total. The molecule has 3 rings (SSSR count). The molecule has 0 aromatic heterocycles. The second-order valence-corrected chi connectivity index (χ2v) is 9.71. The van der Waals surface area contributed by atoms with E-state index >= 15 is 0 Å². The Balaban J connectivity index is 1.41. The van der Waals surface area contributed by atoms with Crippen molar-refractivity contribution in [2.75, 3.05) is 37.6 Å². The number of nitrogens with two attached hydrogens (primary N) is 1. The number of amides is 1. The van der Waals surface area contributed by atoms with Crippen LogP contribution in [0.2, 0.25) is 5.02 Å². The van der Waals surface area contributed by atoms with E-state index in [2.05, 4.69) is 11.0 Å². The first-order chi connectivity index (χ1) is 15.7. The van der Waals surface area contributed by atoms with Gasteiger partial charge in [0.25, 0.3) is 0 Å². The molecule has 2 aliphatic rings. The Labute approximate surface area is 198 Å². The molecule has 1 unspecified atom stereocenters. The third-order valence-electron chi connectivity index (χ3n) is 7.17. The number of benzene rings is 1. The van der Waals surface area contributed by atoms with Gasteiger partial charge in [-0.3, -0.25) is 9.69 Å². The maximum Gasteiger partial charge on any atom is 0.416 e. The van der Waals surface area contributed by atoms with E-state index < -0.39 is 11.7 Å². The summed E-state index contributed by atoms with van der Waals surface area (Å²) in [5.41, 5.74) is 5.00. The van der Waals surface area contributed by atoms with E-state index in [1.807, 2.05) is 4.90 Å². The minimum Gasteiger partial charge on any atom is -0.370 e. The maximum atomic E-state index is 13.1. The summed E-state index contributed by atoms with van der Waals surface area (Å²) in [7, 11) is 0. The number of nitriles is 1. The van der Waals surface area contributed by atoms with Crippen molar-refractivity contribution in [3.63, 3.8) is 0 Å². The molecule has 1 saturated carbocycles. The normalized spacial score (nSPS) is 23.2.